The van der Waals surface area contributed by atoms with E-state index >= 15 is 0 Å². The zero-order valence-corrected chi connectivity index (χ0v) is 14.2. The molecule has 0 unspecified atom stereocenters. The Balaban J connectivity index is 2.23. The van der Waals surface area contributed by atoms with Gasteiger partial charge in [-0.3, -0.25) is 0 Å². The maximum Gasteiger partial charge on any atom is 0.350 e. The van der Waals surface area contributed by atoms with Crippen LogP contribution in [0.3, 0.4) is 0 Å². The predicted molar refractivity (Wildman–Crippen MR) is 83.4 cm³/mol. The van der Waals surface area contributed by atoms with Crippen LogP contribution in [0.4, 0.5) is 5.69 Å². The molecular formula is C15H16BrNO5. The number of ether oxygens (including phenoxy) is 3. The zero-order valence-electron chi connectivity index (χ0n) is 12.7. The van der Waals surface area contributed by atoms with E-state index in [1.54, 1.807) is 13.2 Å². The number of hydrogen-bond acceptors (Lipinski definition) is 6. The smallest absolute Gasteiger partial charge is 0.350 e. The first-order valence-corrected chi connectivity index (χ1v) is 7.30. The molecule has 6 nitrogen and oxygen atoms in total. The number of benzene rings is 1. The minimum atomic E-state index is -1.25. The Morgan fingerprint density at radius 1 is 1.23 bits per heavy atom. The van der Waals surface area contributed by atoms with Gasteiger partial charge in [0.05, 0.1) is 11.6 Å². The number of esters is 2. The van der Waals surface area contributed by atoms with E-state index < -0.39 is 17.7 Å². The van der Waals surface area contributed by atoms with Crippen LogP contribution >= 0.6 is 15.9 Å². The van der Waals surface area contributed by atoms with Crippen molar-refractivity contribution in [3.8, 4) is 5.75 Å². The van der Waals surface area contributed by atoms with Gasteiger partial charge in [0, 0.05) is 31.8 Å². The number of hydrogen-bond donors (Lipinski definition) is 1. The summed E-state index contributed by atoms with van der Waals surface area (Å²) >= 11 is 3.42. The van der Waals surface area contributed by atoms with E-state index in [0.29, 0.717) is 11.4 Å². The highest BCUT2D eigenvalue weighted by Crippen LogP contribution is 2.32. The Kier molecular flexibility index (Phi) is 4.46. The van der Waals surface area contributed by atoms with Crippen molar-refractivity contribution in [2.45, 2.75) is 26.6 Å². The van der Waals surface area contributed by atoms with Gasteiger partial charge in [-0.05, 0) is 34.5 Å². The third kappa shape index (κ3) is 3.41. The van der Waals surface area contributed by atoms with Crippen molar-refractivity contribution < 1.29 is 23.8 Å². The van der Waals surface area contributed by atoms with Crippen molar-refractivity contribution in [3.63, 3.8) is 0 Å². The van der Waals surface area contributed by atoms with Gasteiger partial charge in [0.1, 0.15) is 5.75 Å². The molecule has 0 spiro atoms. The predicted octanol–water partition coefficient (Wildman–Crippen LogP) is 2.90. The number of cyclic esters (lactones) is 2. The highest BCUT2D eigenvalue weighted by atomic mass is 79.9. The number of rotatable bonds is 3. The second-order valence-electron chi connectivity index (χ2n) is 5.19. The van der Waals surface area contributed by atoms with Crippen molar-refractivity contribution in [2.75, 3.05) is 12.4 Å². The van der Waals surface area contributed by atoms with E-state index in [9.17, 15) is 9.59 Å². The molecule has 1 aromatic rings. The van der Waals surface area contributed by atoms with E-state index in [1.165, 1.54) is 20.0 Å². The third-order valence-corrected chi connectivity index (χ3v) is 3.96. The summed E-state index contributed by atoms with van der Waals surface area (Å²) in [6, 6.07) is 3.57. The Morgan fingerprint density at radius 3 is 2.36 bits per heavy atom. The highest BCUT2D eigenvalue weighted by Gasteiger charge is 2.38. The van der Waals surface area contributed by atoms with Crippen LogP contribution in [0.1, 0.15) is 19.4 Å². The fourth-order valence-electron chi connectivity index (χ4n) is 1.90. The van der Waals surface area contributed by atoms with Crippen LogP contribution < -0.4 is 10.1 Å². The van der Waals surface area contributed by atoms with E-state index in [2.05, 4.69) is 21.2 Å². The number of carbonyl (C=O) groups is 2. The van der Waals surface area contributed by atoms with Crippen LogP contribution in [0.25, 0.3) is 0 Å². The van der Waals surface area contributed by atoms with Gasteiger partial charge >= 0.3 is 11.9 Å². The third-order valence-electron chi connectivity index (χ3n) is 2.94. The molecule has 1 aliphatic rings. The highest BCUT2D eigenvalue weighted by molar-refractivity contribution is 9.10. The summed E-state index contributed by atoms with van der Waals surface area (Å²) in [5.41, 5.74) is 1.41. The molecule has 0 radical (unpaired) electrons. The molecule has 1 aliphatic heterocycles. The molecule has 7 heteroatoms. The zero-order chi connectivity index (χ0) is 16.5. The molecule has 0 aromatic heterocycles. The fourth-order valence-corrected chi connectivity index (χ4v) is 2.29. The van der Waals surface area contributed by atoms with Gasteiger partial charge in [0.15, 0.2) is 5.57 Å². The molecular weight excluding hydrogens is 354 g/mol. The van der Waals surface area contributed by atoms with Gasteiger partial charge in [-0.15, -0.1) is 0 Å². The minimum absolute atomic E-state index is 0.195. The van der Waals surface area contributed by atoms with Gasteiger partial charge in [0.2, 0.25) is 0 Å². The molecule has 1 saturated heterocycles. The van der Waals surface area contributed by atoms with E-state index in [0.717, 1.165) is 10.0 Å². The van der Waals surface area contributed by atoms with Crippen LogP contribution in [0.2, 0.25) is 0 Å². The second-order valence-corrected chi connectivity index (χ2v) is 5.98. The maximum absolute atomic E-state index is 11.8. The molecule has 2 rings (SSSR count). The summed E-state index contributed by atoms with van der Waals surface area (Å²) in [5.74, 6) is -2.07. The van der Waals surface area contributed by atoms with Crippen molar-refractivity contribution in [2.24, 2.45) is 0 Å². The van der Waals surface area contributed by atoms with Crippen molar-refractivity contribution >= 4 is 33.6 Å². The van der Waals surface area contributed by atoms with Crippen LogP contribution in [0, 0.1) is 6.92 Å². The molecule has 1 heterocycles. The van der Waals surface area contributed by atoms with Crippen molar-refractivity contribution in [3.05, 3.63) is 33.9 Å². The normalized spacial score (nSPS) is 16.7. The number of carbonyl (C=O) groups excluding carboxylic acids is 2. The average molecular weight is 370 g/mol. The maximum atomic E-state index is 11.8. The molecule has 0 atom stereocenters. The topological polar surface area (TPSA) is 73.9 Å². The van der Waals surface area contributed by atoms with E-state index in [1.807, 2.05) is 13.0 Å². The number of aryl methyl sites for hydroxylation is 1. The first-order chi connectivity index (χ1) is 10.2. The summed E-state index contributed by atoms with van der Waals surface area (Å²) in [4.78, 5) is 23.6. The van der Waals surface area contributed by atoms with Crippen molar-refractivity contribution in [1.82, 2.24) is 0 Å². The molecule has 1 aromatic carbocycles. The SMILES string of the molecule is COc1cc(NC=C2C(=O)OC(C)(C)OC2=O)cc(C)c1Br. The molecule has 0 amide bonds. The number of anilines is 1. The molecule has 0 bridgehead atoms. The van der Waals surface area contributed by atoms with Gasteiger partial charge in [-0.25, -0.2) is 9.59 Å². The van der Waals surface area contributed by atoms with Gasteiger partial charge in [-0.2, -0.15) is 0 Å². The average Bonchev–Trinajstić information content (AvgIpc) is 2.40. The summed E-state index contributed by atoms with van der Waals surface area (Å²) in [7, 11) is 1.56. The number of halogens is 1. The van der Waals surface area contributed by atoms with Crippen LogP contribution in [-0.2, 0) is 19.1 Å². The lowest BCUT2D eigenvalue weighted by atomic mass is 10.2. The van der Waals surface area contributed by atoms with Crippen LogP contribution in [0.5, 0.6) is 5.75 Å². The van der Waals surface area contributed by atoms with Crippen LogP contribution in [-0.4, -0.2) is 24.8 Å². The van der Waals surface area contributed by atoms with Crippen molar-refractivity contribution in [1.29, 1.82) is 0 Å². The lowest BCUT2D eigenvalue weighted by molar-refractivity contribution is -0.222. The molecule has 22 heavy (non-hydrogen) atoms. The molecule has 1 N–H and O–H groups in total. The van der Waals surface area contributed by atoms with Crippen LogP contribution in [0.15, 0.2) is 28.4 Å². The minimum Gasteiger partial charge on any atom is -0.495 e. The standard InChI is InChI=1S/C15H16BrNO5/c1-8-5-9(6-11(20-4)12(8)16)17-7-10-13(18)21-15(2,3)22-14(10)19/h5-7,17H,1-4H3. The Bertz CT molecular complexity index is 644. The van der Waals surface area contributed by atoms with E-state index in [4.69, 9.17) is 14.2 Å². The molecule has 0 aliphatic carbocycles. The Morgan fingerprint density at radius 2 is 1.82 bits per heavy atom. The van der Waals surface area contributed by atoms with Gasteiger partial charge in [0.25, 0.3) is 5.79 Å². The number of nitrogens with one attached hydrogen (secondary N) is 1. The summed E-state index contributed by atoms with van der Waals surface area (Å²) in [6.07, 6.45) is 1.27. The quantitative estimate of drug-likeness (QED) is 0.501. The summed E-state index contributed by atoms with van der Waals surface area (Å²) in [6.45, 7) is 4.89. The first kappa shape index (κ1) is 16.4. The van der Waals surface area contributed by atoms with Gasteiger partial charge < -0.3 is 19.5 Å². The lowest BCUT2D eigenvalue weighted by Gasteiger charge is -2.29. The fraction of sp³-hybridized carbons (Fsp3) is 0.333. The van der Waals surface area contributed by atoms with Gasteiger partial charge in [-0.1, -0.05) is 0 Å². The summed E-state index contributed by atoms with van der Waals surface area (Å²) < 4.78 is 16.1. The summed E-state index contributed by atoms with van der Waals surface area (Å²) in [5, 5.41) is 2.88. The Labute approximate surface area is 136 Å². The first-order valence-electron chi connectivity index (χ1n) is 6.51. The largest absolute Gasteiger partial charge is 0.495 e. The molecule has 118 valence electrons. The number of methoxy groups -OCH3 is 1. The molecule has 0 saturated carbocycles. The monoisotopic (exact) mass is 369 g/mol. The molecule has 1 fully saturated rings. The van der Waals surface area contributed by atoms with E-state index in [-0.39, 0.29) is 5.57 Å². The lowest BCUT2D eigenvalue weighted by Crippen LogP contribution is -2.42. The second kappa shape index (κ2) is 6.00. The Hall–Kier alpha value is -2.02.